The van der Waals surface area contributed by atoms with E-state index in [1.165, 1.54) is 13.2 Å². The maximum atomic E-state index is 13.6. The fourth-order valence-electron chi connectivity index (χ4n) is 2.04. The van der Waals surface area contributed by atoms with E-state index in [4.69, 9.17) is 15.2 Å². The van der Waals surface area contributed by atoms with Crippen LogP contribution in [0.5, 0.6) is 5.75 Å². The summed E-state index contributed by atoms with van der Waals surface area (Å²) in [6.45, 7) is 3.99. The Balaban J connectivity index is 2.17. The normalized spacial score (nSPS) is 11.2. The SMILES string of the molecule is CCCCOCCn1c(N)nc2cc(F)c(OC)cc21. The number of aromatic nitrogens is 2. The van der Waals surface area contributed by atoms with Crippen molar-refractivity contribution in [2.75, 3.05) is 26.1 Å². The van der Waals surface area contributed by atoms with Crippen molar-refractivity contribution in [2.45, 2.75) is 26.3 Å². The number of halogens is 1. The van der Waals surface area contributed by atoms with Crippen LogP contribution in [0.25, 0.3) is 11.0 Å². The first kappa shape index (κ1) is 14.6. The molecule has 0 bridgehead atoms. The van der Waals surface area contributed by atoms with Crippen LogP contribution in [-0.2, 0) is 11.3 Å². The van der Waals surface area contributed by atoms with E-state index < -0.39 is 5.82 Å². The van der Waals surface area contributed by atoms with Gasteiger partial charge in [-0.25, -0.2) is 9.37 Å². The molecule has 0 unspecified atom stereocenters. The minimum atomic E-state index is -0.441. The molecule has 2 aromatic rings. The lowest BCUT2D eigenvalue weighted by Gasteiger charge is -2.08. The zero-order valence-corrected chi connectivity index (χ0v) is 11.9. The number of benzene rings is 1. The molecule has 0 atom stereocenters. The molecule has 2 N–H and O–H groups in total. The average Bonchev–Trinajstić information content (AvgIpc) is 2.72. The number of imidazole rings is 1. The van der Waals surface area contributed by atoms with Crippen molar-refractivity contribution in [2.24, 2.45) is 0 Å². The molecule has 1 aromatic heterocycles. The van der Waals surface area contributed by atoms with Gasteiger partial charge in [-0.05, 0) is 6.42 Å². The lowest BCUT2D eigenvalue weighted by molar-refractivity contribution is 0.124. The Hall–Kier alpha value is -1.82. The van der Waals surface area contributed by atoms with Gasteiger partial charge in [-0.3, -0.25) is 0 Å². The fourth-order valence-corrected chi connectivity index (χ4v) is 2.04. The van der Waals surface area contributed by atoms with Crippen LogP contribution in [0.1, 0.15) is 19.8 Å². The largest absolute Gasteiger partial charge is 0.494 e. The predicted octanol–water partition coefficient (Wildman–Crippen LogP) is 2.58. The molecule has 0 fully saturated rings. The molecule has 1 aromatic carbocycles. The molecule has 0 saturated heterocycles. The van der Waals surface area contributed by atoms with Gasteiger partial charge in [0, 0.05) is 25.3 Å². The standard InChI is InChI=1S/C14H20FN3O2/c1-3-4-6-20-7-5-18-12-9-13(19-2)10(15)8-11(12)17-14(18)16/h8-9H,3-7H2,1-2H3,(H2,16,17). The summed E-state index contributed by atoms with van der Waals surface area (Å²) in [6.07, 6.45) is 2.14. The molecule has 0 aliphatic carbocycles. The number of unbranched alkanes of at least 4 members (excludes halogenated alkanes) is 1. The Morgan fingerprint density at radius 1 is 1.35 bits per heavy atom. The van der Waals surface area contributed by atoms with Crippen LogP contribution in [0.15, 0.2) is 12.1 Å². The van der Waals surface area contributed by atoms with Gasteiger partial charge in [-0.2, -0.15) is 0 Å². The summed E-state index contributed by atoms with van der Waals surface area (Å²) in [5, 5.41) is 0. The number of anilines is 1. The third-order valence-corrected chi connectivity index (χ3v) is 3.15. The molecule has 2 rings (SSSR count). The van der Waals surface area contributed by atoms with Crippen molar-refractivity contribution >= 4 is 17.0 Å². The van der Waals surface area contributed by atoms with Crippen molar-refractivity contribution in [1.82, 2.24) is 9.55 Å². The summed E-state index contributed by atoms with van der Waals surface area (Å²) in [7, 11) is 1.43. The number of ether oxygens (including phenoxy) is 2. The smallest absolute Gasteiger partial charge is 0.201 e. The highest BCUT2D eigenvalue weighted by molar-refractivity contribution is 5.80. The van der Waals surface area contributed by atoms with Crippen molar-refractivity contribution in [3.8, 4) is 5.75 Å². The van der Waals surface area contributed by atoms with E-state index in [1.54, 1.807) is 6.07 Å². The summed E-state index contributed by atoms with van der Waals surface area (Å²) < 4.78 is 25.9. The number of hydrogen-bond donors (Lipinski definition) is 1. The van der Waals surface area contributed by atoms with Crippen LogP contribution < -0.4 is 10.5 Å². The van der Waals surface area contributed by atoms with E-state index in [0.717, 1.165) is 25.0 Å². The maximum Gasteiger partial charge on any atom is 0.201 e. The minimum absolute atomic E-state index is 0.186. The first-order valence-corrected chi connectivity index (χ1v) is 6.74. The predicted molar refractivity (Wildman–Crippen MR) is 76.4 cm³/mol. The van der Waals surface area contributed by atoms with Crippen molar-refractivity contribution < 1.29 is 13.9 Å². The second-order valence-electron chi connectivity index (χ2n) is 4.56. The molecule has 0 radical (unpaired) electrons. The number of rotatable bonds is 7. The van der Waals surface area contributed by atoms with Gasteiger partial charge < -0.3 is 19.8 Å². The molecule has 1 heterocycles. The summed E-state index contributed by atoms with van der Waals surface area (Å²) in [5.74, 6) is 0.0983. The highest BCUT2D eigenvalue weighted by Gasteiger charge is 2.12. The van der Waals surface area contributed by atoms with Crippen LogP contribution in [0.3, 0.4) is 0 Å². The molecular weight excluding hydrogens is 261 g/mol. The number of methoxy groups -OCH3 is 1. The Kier molecular flexibility index (Phi) is 4.79. The van der Waals surface area contributed by atoms with Crippen LogP contribution in [0.2, 0.25) is 0 Å². The van der Waals surface area contributed by atoms with E-state index in [9.17, 15) is 4.39 Å². The lowest BCUT2D eigenvalue weighted by atomic mass is 10.3. The van der Waals surface area contributed by atoms with Gasteiger partial charge >= 0.3 is 0 Å². The van der Waals surface area contributed by atoms with Crippen molar-refractivity contribution in [1.29, 1.82) is 0 Å². The van der Waals surface area contributed by atoms with E-state index in [-0.39, 0.29) is 5.75 Å². The second kappa shape index (κ2) is 6.56. The summed E-state index contributed by atoms with van der Waals surface area (Å²) in [6, 6.07) is 2.94. The van der Waals surface area contributed by atoms with Crippen molar-refractivity contribution in [3.05, 3.63) is 17.9 Å². The Labute approximate surface area is 117 Å². The Bertz CT molecular complexity index is 583. The molecule has 0 saturated carbocycles. The fraction of sp³-hybridized carbons (Fsp3) is 0.500. The third-order valence-electron chi connectivity index (χ3n) is 3.15. The molecule has 6 heteroatoms. The number of nitrogen functional groups attached to an aromatic ring is 1. The highest BCUT2D eigenvalue weighted by atomic mass is 19.1. The first-order chi connectivity index (χ1) is 9.67. The van der Waals surface area contributed by atoms with Gasteiger partial charge in [-0.1, -0.05) is 13.3 Å². The summed E-state index contributed by atoms with van der Waals surface area (Å²) in [4.78, 5) is 4.15. The Morgan fingerprint density at radius 3 is 2.85 bits per heavy atom. The quantitative estimate of drug-likeness (QED) is 0.792. The molecule has 0 amide bonds. The zero-order chi connectivity index (χ0) is 14.5. The summed E-state index contributed by atoms with van der Waals surface area (Å²) >= 11 is 0. The van der Waals surface area contributed by atoms with E-state index in [0.29, 0.717) is 24.6 Å². The second-order valence-corrected chi connectivity index (χ2v) is 4.56. The van der Waals surface area contributed by atoms with Gasteiger partial charge in [0.15, 0.2) is 11.6 Å². The van der Waals surface area contributed by atoms with Crippen LogP contribution in [0.4, 0.5) is 10.3 Å². The topological polar surface area (TPSA) is 62.3 Å². The van der Waals surface area contributed by atoms with Gasteiger partial charge in [0.05, 0.1) is 24.8 Å². The lowest BCUT2D eigenvalue weighted by Crippen LogP contribution is -2.09. The van der Waals surface area contributed by atoms with Gasteiger partial charge in [-0.15, -0.1) is 0 Å². The molecule has 0 aliphatic rings. The summed E-state index contributed by atoms with van der Waals surface area (Å²) in [5.41, 5.74) is 7.14. The van der Waals surface area contributed by atoms with Crippen LogP contribution in [-0.4, -0.2) is 29.9 Å². The number of nitrogens with zero attached hydrogens (tertiary/aromatic N) is 2. The van der Waals surface area contributed by atoms with Crippen LogP contribution >= 0.6 is 0 Å². The van der Waals surface area contributed by atoms with E-state index >= 15 is 0 Å². The molecule has 5 nitrogen and oxygen atoms in total. The minimum Gasteiger partial charge on any atom is -0.494 e. The molecule has 20 heavy (non-hydrogen) atoms. The third kappa shape index (κ3) is 3.01. The maximum absolute atomic E-state index is 13.6. The monoisotopic (exact) mass is 281 g/mol. The Morgan fingerprint density at radius 2 is 2.15 bits per heavy atom. The first-order valence-electron chi connectivity index (χ1n) is 6.74. The average molecular weight is 281 g/mol. The van der Waals surface area contributed by atoms with Crippen LogP contribution in [0, 0.1) is 5.82 Å². The molecular formula is C14H20FN3O2. The highest BCUT2D eigenvalue weighted by Crippen LogP contribution is 2.26. The van der Waals surface area contributed by atoms with Crippen molar-refractivity contribution in [3.63, 3.8) is 0 Å². The number of nitrogens with two attached hydrogens (primary N) is 1. The van der Waals surface area contributed by atoms with Gasteiger partial charge in [0.25, 0.3) is 0 Å². The van der Waals surface area contributed by atoms with Gasteiger partial charge in [0.2, 0.25) is 5.95 Å². The molecule has 110 valence electrons. The number of hydrogen-bond acceptors (Lipinski definition) is 4. The van der Waals surface area contributed by atoms with E-state index in [2.05, 4.69) is 11.9 Å². The molecule has 0 spiro atoms. The number of fused-ring (bicyclic) bond motifs is 1. The molecule has 0 aliphatic heterocycles. The van der Waals surface area contributed by atoms with Gasteiger partial charge in [0.1, 0.15) is 0 Å². The zero-order valence-electron chi connectivity index (χ0n) is 11.9. The van der Waals surface area contributed by atoms with E-state index in [1.807, 2.05) is 4.57 Å².